The number of carbonyl (C=O) groups is 3. The molecule has 0 spiro atoms. The van der Waals surface area contributed by atoms with Gasteiger partial charge in [0.1, 0.15) is 6.04 Å². The second-order valence-electron chi connectivity index (χ2n) is 12.0. The minimum Gasteiger partial charge on any atom is -0.379 e. The molecule has 2 aromatic rings. The summed E-state index contributed by atoms with van der Waals surface area (Å²) < 4.78 is 6.49. The van der Waals surface area contributed by atoms with E-state index in [4.69, 9.17) is 9.72 Å². The Morgan fingerprint density at radius 2 is 1.88 bits per heavy atom. The monoisotopic (exact) mass is 611 g/mol. The van der Waals surface area contributed by atoms with Crippen LogP contribution in [0.25, 0.3) is 10.2 Å². The molecule has 1 aromatic carbocycles. The van der Waals surface area contributed by atoms with Crippen LogP contribution in [-0.2, 0) is 32.0 Å². The third-order valence-electron chi connectivity index (χ3n) is 8.45. The molecule has 2 fully saturated rings. The van der Waals surface area contributed by atoms with Crippen LogP contribution in [0, 0.1) is 5.92 Å². The zero-order chi connectivity index (χ0) is 30.6. The van der Waals surface area contributed by atoms with Crippen molar-refractivity contribution >= 4 is 39.3 Å². The van der Waals surface area contributed by atoms with E-state index in [9.17, 15) is 14.4 Å². The number of aryl methyl sites for hydroxylation is 1. The summed E-state index contributed by atoms with van der Waals surface area (Å²) in [6, 6.07) is 5.26. The molecule has 3 amide bonds. The first-order valence-corrected chi connectivity index (χ1v) is 16.9. The summed E-state index contributed by atoms with van der Waals surface area (Å²) in [6.45, 7) is 11.8. The van der Waals surface area contributed by atoms with E-state index in [1.165, 1.54) is 24.8 Å². The molecule has 0 bridgehead atoms. The molecule has 9 nitrogen and oxygen atoms in total. The van der Waals surface area contributed by atoms with Gasteiger partial charge < -0.3 is 20.7 Å². The smallest absolute Gasteiger partial charge is 0.247 e. The summed E-state index contributed by atoms with van der Waals surface area (Å²) in [6.07, 6.45) is 9.02. The lowest BCUT2D eigenvalue weighted by Crippen LogP contribution is -2.53. The first-order chi connectivity index (χ1) is 20.8. The number of rotatable bonds is 15. The van der Waals surface area contributed by atoms with Crippen molar-refractivity contribution in [3.63, 3.8) is 0 Å². The summed E-state index contributed by atoms with van der Waals surface area (Å²) >= 11 is 1.57. The van der Waals surface area contributed by atoms with Gasteiger partial charge in [0.15, 0.2) is 0 Å². The summed E-state index contributed by atoms with van der Waals surface area (Å²) in [5.41, 5.74) is 2.66. The van der Waals surface area contributed by atoms with Gasteiger partial charge in [-0.15, -0.1) is 11.3 Å². The SMILES string of the molecule is C=C(CN1CCOCC1)C(=O)NC[C@H](CC1CCCCC1)NC(=O)[C@H](Cc1nc2ccc(CC)cc2s1)NC(=O)CCC. The second-order valence-corrected chi connectivity index (χ2v) is 13.1. The average Bonchev–Trinajstić information content (AvgIpc) is 3.42. The van der Waals surface area contributed by atoms with Crippen molar-refractivity contribution in [2.45, 2.75) is 90.1 Å². The zero-order valence-electron chi connectivity index (χ0n) is 25.9. The van der Waals surface area contributed by atoms with Gasteiger partial charge >= 0.3 is 0 Å². The Morgan fingerprint density at radius 3 is 2.60 bits per heavy atom. The quantitative estimate of drug-likeness (QED) is 0.261. The minimum absolute atomic E-state index is 0.145. The van der Waals surface area contributed by atoms with Crippen LogP contribution in [0.3, 0.4) is 0 Å². The van der Waals surface area contributed by atoms with Crippen molar-refractivity contribution in [3.8, 4) is 0 Å². The van der Waals surface area contributed by atoms with Gasteiger partial charge in [-0.2, -0.15) is 0 Å². The van der Waals surface area contributed by atoms with Gasteiger partial charge in [0.05, 0.1) is 28.4 Å². The molecule has 43 heavy (non-hydrogen) atoms. The average molecular weight is 612 g/mol. The van der Waals surface area contributed by atoms with Crippen LogP contribution in [0.15, 0.2) is 30.4 Å². The number of nitrogens with one attached hydrogen (secondary N) is 3. The zero-order valence-corrected chi connectivity index (χ0v) is 26.7. The maximum atomic E-state index is 13.8. The Bertz CT molecular complexity index is 1240. The van der Waals surface area contributed by atoms with E-state index in [0.29, 0.717) is 57.1 Å². The standard InChI is InChI=1S/C33H49N5O4S/c1-4-9-30(39)36-28(20-31-37-27-13-12-24(5-2)19-29(27)43-31)33(41)35-26(18-25-10-7-6-8-11-25)21-34-32(40)23(3)22-38-14-16-42-17-15-38/h12-13,19,25-26,28H,3-11,14-18,20-22H2,1-2H3,(H,34,40)(H,35,41)(H,36,39)/t26-,28-/m0/s1. The van der Waals surface area contributed by atoms with Crippen LogP contribution in [0.4, 0.5) is 0 Å². The summed E-state index contributed by atoms with van der Waals surface area (Å²) in [5.74, 6) is -0.0745. The highest BCUT2D eigenvalue weighted by Gasteiger charge is 2.27. The molecule has 10 heteroatoms. The Morgan fingerprint density at radius 1 is 1.12 bits per heavy atom. The van der Waals surface area contributed by atoms with Gasteiger partial charge in [-0.05, 0) is 42.9 Å². The van der Waals surface area contributed by atoms with E-state index in [1.54, 1.807) is 11.3 Å². The summed E-state index contributed by atoms with van der Waals surface area (Å²) in [7, 11) is 0. The number of thiazole rings is 1. The van der Waals surface area contributed by atoms with Gasteiger partial charge in [0.25, 0.3) is 0 Å². The third-order valence-corrected chi connectivity index (χ3v) is 9.49. The highest BCUT2D eigenvalue weighted by atomic mass is 32.1. The van der Waals surface area contributed by atoms with E-state index < -0.39 is 6.04 Å². The number of morpholine rings is 1. The normalized spacial score (nSPS) is 17.7. The van der Waals surface area contributed by atoms with Crippen molar-refractivity contribution in [3.05, 3.63) is 40.9 Å². The van der Waals surface area contributed by atoms with Gasteiger partial charge in [0, 0.05) is 50.6 Å². The van der Waals surface area contributed by atoms with E-state index in [0.717, 1.165) is 54.0 Å². The molecule has 3 N–H and O–H groups in total. The second kappa shape index (κ2) is 16.9. The fourth-order valence-electron chi connectivity index (χ4n) is 5.96. The molecule has 4 rings (SSSR count). The molecule has 236 valence electrons. The molecular formula is C33H49N5O4S. The minimum atomic E-state index is -0.744. The Labute approximate surface area is 260 Å². The van der Waals surface area contributed by atoms with Gasteiger partial charge in [-0.1, -0.05) is 58.6 Å². The number of aromatic nitrogens is 1. The largest absolute Gasteiger partial charge is 0.379 e. The Balaban J connectivity index is 1.43. The number of benzene rings is 1. The number of ether oxygens (including phenoxy) is 1. The molecule has 2 atom stereocenters. The lowest BCUT2D eigenvalue weighted by atomic mass is 9.84. The molecular weight excluding hydrogens is 562 g/mol. The molecule has 0 unspecified atom stereocenters. The van der Waals surface area contributed by atoms with Crippen LogP contribution in [0.1, 0.15) is 75.8 Å². The molecule has 1 aromatic heterocycles. The van der Waals surface area contributed by atoms with E-state index in [2.05, 4.69) is 46.5 Å². The molecule has 1 saturated carbocycles. The topological polar surface area (TPSA) is 113 Å². The molecule has 2 heterocycles. The van der Waals surface area contributed by atoms with Crippen molar-refractivity contribution < 1.29 is 19.1 Å². The van der Waals surface area contributed by atoms with Crippen molar-refractivity contribution in [1.29, 1.82) is 0 Å². The first kappa shape index (κ1) is 33.1. The molecule has 1 aliphatic heterocycles. The molecule has 1 aliphatic carbocycles. The van der Waals surface area contributed by atoms with Gasteiger partial charge in [0.2, 0.25) is 17.7 Å². The maximum absolute atomic E-state index is 13.8. The highest BCUT2D eigenvalue weighted by molar-refractivity contribution is 7.18. The van der Waals surface area contributed by atoms with Crippen LogP contribution < -0.4 is 16.0 Å². The summed E-state index contributed by atoms with van der Waals surface area (Å²) in [4.78, 5) is 46.4. The van der Waals surface area contributed by atoms with Crippen molar-refractivity contribution in [2.24, 2.45) is 5.92 Å². The number of carbonyl (C=O) groups excluding carboxylic acids is 3. The summed E-state index contributed by atoms with van der Waals surface area (Å²) in [5, 5.41) is 10.0. The maximum Gasteiger partial charge on any atom is 0.247 e. The number of hydrogen-bond donors (Lipinski definition) is 3. The molecule has 2 aliphatic rings. The van der Waals surface area contributed by atoms with Crippen LogP contribution in [-0.4, -0.2) is 79.1 Å². The predicted molar refractivity (Wildman–Crippen MR) is 172 cm³/mol. The Kier molecular flexibility index (Phi) is 13.0. The van der Waals surface area contributed by atoms with Gasteiger partial charge in [-0.3, -0.25) is 19.3 Å². The number of hydrogen-bond acceptors (Lipinski definition) is 7. The number of nitrogens with zero attached hydrogens (tertiary/aromatic N) is 2. The highest BCUT2D eigenvalue weighted by Crippen LogP contribution is 2.28. The number of amides is 3. The van der Waals surface area contributed by atoms with E-state index >= 15 is 0 Å². The van der Waals surface area contributed by atoms with E-state index in [1.807, 2.05) is 13.0 Å². The predicted octanol–water partition coefficient (Wildman–Crippen LogP) is 4.15. The van der Waals surface area contributed by atoms with Crippen molar-refractivity contribution in [2.75, 3.05) is 39.4 Å². The molecule has 0 radical (unpaired) electrons. The van der Waals surface area contributed by atoms with Crippen LogP contribution in [0.2, 0.25) is 0 Å². The van der Waals surface area contributed by atoms with E-state index in [-0.39, 0.29) is 23.8 Å². The van der Waals surface area contributed by atoms with Crippen molar-refractivity contribution in [1.82, 2.24) is 25.8 Å². The fraction of sp³-hybridized carbons (Fsp3) is 0.636. The lowest BCUT2D eigenvalue weighted by Gasteiger charge is -2.29. The lowest BCUT2D eigenvalue weighted by molar-refractivity contribution is -0.129. The fourth-order valence-corrected chi connectivity index (χ4v) is 7.04. The first-order valence-electron chi connectivity index (χ1n) is 16.1. The molecule has 1 saturated heterocycles. The van der Waals surface area contributed by atoms with Crippen LogP contribution in [0.5, 0.6) is 0 Å². The van der Waals surface area contributed by atoms with Crippen LogP contribution >= 0.6 is 11.3 Å². The Hall–Kier alpha value is -2.82. The number of fused-ring (bicyclic) bond motifs is 1. The van der Waals surface area contributed by atoms with Gasteiger partial charge in [-0.25, -0.2) is 4.98 Å². The third kappa shape index (κ3) is 10.4.